The third-order valence-electron chi connectivity index (χ3n) is 2.09. The maximum Gasteiger partial charge on any atom is 1.00 e. The second kappa shape index (κ2) is 14.9. The average Bonchev–Trinajstić information content (AvgIpc) is 2.43. The number of rotatable bonds is 2. The van der Waals surface area contributed by atoms with Crippen molar-refractivity contribution in [3.63, 3.8) is 0 Å². The zero-order valence-corrected chi connectivity index (χ0v) is 11.2. The van der Waals surface area contributed by atoms with E-state index in [-0.39, 0.29) is 18.9 Å². The van der Waals surface area contributed by atoms with Gasteiger partial charge in [0.05, 0.1) is 0 Å². The van der Waals surface area contributed by atoms with Crippen LogP contribution < -0.4 is 18.9 Å². The molecular weight excluding hydrogens is 247 g/mol. The van der Waals surface area contributed by atoms with E-state index in [1.807, 2.05) is 0 Å². The zero-order valence-electron chi connectivity index (χ0n) is 11.2. The molecule has 0 saturated carbocycles. The molecule has 0 unspecified atom stereocenters. The molecule has 0 fully saturated rings. The summed E-state index contributed by atoms with van der Waals surface area (Å²) in [6.07, 6.45) is 2.03. The van der Waals surface area contributed by atoms with Gasteiger partial charge in [-0.1, -0.05) is 60.7 Å². The maximum absolute atomic E-state index is 8.24. The van der Waals surface area contributed by atoms with Crippen LogP contribution >= 0.6 is 0 Å². The van der Waals surface area contributed by atoms with E-state index in [2.05, 4.69) is 60.7 Å². The van der Waals surface area contributed by atoms with E-state index >= 15 is 0 Å². The Morgan fingerprint density at radius 1 is 0.700 bits per heavy atom. The summed E-state index contributed by atoms with van der Waals surface area (Å²) in [7, 11) is 0. The van der Waals surface area contributed by atoms with E-state index in [0.29, 0.717) is 12.2 Å². The molecule has 4 nitrogen and oxygen atoms in total. The van der Waals surface area contributed by atoms with Crippen LogP contribution in [0.3, 0.4) is 0 Å². The molecule has 0 spiro atoms. The first-order valence-corrected chi connectivity index (χ1v) is 5.38. The van der Waals surface area contributed by atoms with Gasteiger partial charge in [-0.15, -0.1) is 0 Å². The van der Waals surface area contributed by atoms with Crippen molar-refractivity contribution in [3.05, 3.63) is 82.6 Å². The Morgan fingerprint density at radius 3 is 1.20 bits per heavy atom. The van der Waals surface area contributed by atoms with E-state index in [4.69, 9.17) is 20.4 Å². The summed E-state index contributed by atoms with van der Waals surface area (Å²) in [6.45, 7) is 0. The Balaban J connectivity index is 0. The molecule has 0 radical (unpaired) electrons. The first-order chi connectivity index (χ1) is 9.28. The quantitative estimate of drug-likeness (QED) is 0.434. The average molecular weight is 259 g/mol. The van der Waals surface area contributed by atoms with Crippen LogP contribution in [0.25, 0.3) is 10.8 Å². The summed E-state index contributed by atoms with van der Waals surface area (Å²) in [6, 6.07) is 21.1. The summed E-state index contributed by atoms with van der Waals surface area (Å²) in [5, 5.41) is 13.5. The molecule has 20 heavy (non-hydrogen) atoms. The van der Waals surface area contributed by atoms with Crippen LogP contribution in [0.5, 0.6) is 0 Å². The molecule has 5 heteroatoms. The molecule has 96 valence electrons. The Morgan fingerprint density at radius 2 is 0.950 bits per heavy atom. The van der Waals surface area contributed by atoms with Crippen LogP contribution in [0, 0.1) is 0 Å². The molecule has 0 aromatic heterocycles. The number of hydrogen-bond donors (Lipinski definition) is 0. The third kappa shape index (κ3) is 10.9. The van der Waals surface area contributed by atoms with E-state index in [1.54, 1.807) is 0 Å². The van der Waals surface area contributed by atoms with Crippen LogP contribution in [0.2, 0.25) is 0 Å². The summed E-state index contributed by atoms with van der Waals surface area (Å²) in [5.41, 5.74) is 2.74. The molecule has 0 aliphatic heterocycles. The van der Waals surface area contributed by atoms with Gasteiger partial charge in [-0.2, -0.15) is 0 Å². The Bertz CT molecular complexity index is 469. The topological polar surface area (TPSA) is 78.7 Å². The van der Waals surface area contributed by atoms with Gasteiger partial charge in [0.2, 0.25) is 0 Å². The van der Waals surface area contributed by atoms with Crippen molar-refractivity contribution in [1.82, 2.24) is 0 Å². The van der Waals surface area contributed by atoms with Gasteiger partial charge in [-0.25, -0.2) is 0 Å². The fourth-order valence-corrected chi connectivity index (χ4v) is 1.43. The number of nitrogens with zero attached hydrogens (tertiary/aromatic N) is 2. The van der Waals surface area contributed by atoms with Crippen molar-refractivity contribution in [3.8, 4) is 0 Å². The minimum Gasteiger partial charge on any atom is -0.724 e. The van der Waals surface area contributed by atoms with Crippen LogP contribution in [-0.4, -0.2) is 12.2 Å². The third-order valence-corrected chi connectivity index (χ3v) is 2.09. The first-order valence-electron chi connectivity index (χ1n) is 5.38. The number of isocyanates is 2. The molecule has 0 aliphatic rings. The molecule has 2 aromatic carbocycles. The minimum atomic E-state index is 0. The Kier molecular flexibility index (Phi) is 14.9. The van der Waals surface area contributed by atoms with Gasteiger partial charge < -0.3 is 10.8 Å². The first kappa shape index (κ1) is 20.1. The van der Waals surface area contributed by atoms with E-state index < -0.39 is 0 Å². The van der Waals surface area contributed by atoms with Crippen LogP contribution in [-0.2, 0) is 16.0 Å². The van der Waals surface area contributed by atoms with Gasteiger partial charge in [-0.05, 0) is 29.7 Å². The second-order valence-electron chi connectivity index (χ2n) is 3.33. The molecule has 0 atom stereocenters. The van der Waals surface area contributed by atoms with Crippen molar-refractivity contribution in [2.45, 2.75) is 6.42 Å². The van der Waals surface area contributed by atoms with Crippen LogP contribution in [0.15, 0.2) is 60.7 Å². The number of carbonyl (C=O) groups excluding carboxylic acids is 2. The van der Waals surface area contributed by atoms with E-state index in [1.165, 1.54) is 11.1 Å². The van der Waals surface area contributed by atoms with Gasteiger partial charge in [0, 0.05) is 0 Å². The Hall–Kier alpha value is -2.20. The van der Waals surface area contributed by atoms with Gasteiger partial charge in [0.25, 0.3) is 0 Å². The fraction of sp³-hybridized carbons (Fsp3) is 0.0667. The molecule has 0 N–H and O–H groups in total. The monoisotopic (exact) mass is 259 g/mol. The molecule has 0 saturated heterocycles. The van der Waals surface area contributed by atoms with Gasteiger partial charge in [-0.3, -0.25) is 9.59 Å². The van der Waals surface area contributed by atoms with E-state index in [0.717, 1.165) is 6.42 Å². The molecular formula is C15H12LiN2O2-. The number of hydrogen-bond acceptors (Lipinski definition) is 2. The van der Waals surface area contributed by atoms with Crippen molar-refractivity contribution >= 4 is 12.2 Å². The normalized spacial score (nSPS) is 7.20. The molecule has 2 rings (SSSR count). The second-order valence-corrected chi connectivity index (χ2v) is 3.33. The standard InChI is InChI=1S/C13H12.2CNO.Li/c1-3-7-12(8-4-1)11-13-9-5-2-6-10-13;2*2-1-3;/h1-10H,11H2;;;/q;2*-1;+1. The SMILES string of the molecule is [Li+].[N-]=C=O.[N-]=C=O.c1ccc(Cc2ccccc2)cc1. The molecule has 0 heterocycles. The maximum atomic E-state index is 8.24. The predicted octanol–water partition coefficient (Wildman–Crippen LogP) is 0.0646. The number of benzene rings is 2. The summed E-state index contributed by atoms with van der Waals surface area (Å²) in [5.74, 6) is 0. The van der Waals surface area contributed by atoms with Crippen LogP contribution in [0.4, 0.5) is 0 Å². The Labute approximate surface area is 130 Å². The summed E-state index contributed by atoms with van der Waals surface area (Å²) < 4.78 is 0. The fourth-order valence-electron chi connectivity index (χ4n) is 1.43. The zero-order chi connectivity index (χ0) is 14.3. The minimum absolute atomic E-state index is 0. The molecule has 2 aromatic rings. The van der Waals surface area contributed by atoms with Crippen molar-refractivity contribution in [2.24, 2.45) is 0 Å². The van der Waals surface area contributed by atoms with Crippen molar-refractivity contribution in [1.29, 1.82) is 0 Å². The summed E-state index contributed by atoms with van der Waals surface area (Å²) >= 11 is 0. The van der Waals surface area contributed by atoms with Gasteiger partial charge >= 0.3 is 18.9 Å². The summed E-state index contributed by atoms with van der Waals surface area (Å²) in [4.78, 5) is 16.5. The van der Waals surface area contributed by atoms with Gasteiger partial charge in [0.15, 0.2) is 0 Å². The van der Waals surface area contributed by atoms with E-state index in [9.17, 15) is 0 Å². The predicted molar refractivity (Wildman–Crippen MR) is 73.8 cm³/mol. The largest absolute Gasteiger partial charge is 1.00 e. The molecule has 0 amide bonds. The smallest absolute Gasteiger partial charge is 0.724 e. The molecule has 0 aliphatic carbocycles. The molecule has 0 bridgehead atoms. The van der Waals surface area contributed by atoms with Crippen LogP contribution in [0.1, 0.15) is 11.1 Å². The van der Waals surface area contributed by atoms with Gasteiger partial charge in [0.1, 0.15) is 0 Å². The van der Waals surface area contributed by atoms with Crippen molar-refractivity contribution < 1.29 is 28.4 Å². The van der Waals surface area contributed by atoms with Crippen molar-refractivity contribution in [2.75, 3.05) is 0 Å².